The van der Waals surface area contributed by atoms with Gasteiger partial charge >= 0.3 is 0 Å². The fourth-order valence-corrected chi connectivity index (χ4v) is 2.91. The zero-order valence-corrected chi connectivity index (χ0v) is 13.0. The average Bonchev–Trinajstić information content (AvgIpc) is 2.64. The molecule has 1 aliphatic rings. The third-order valence-electron chi connectivity index (χ3n) is 4.05. The van der Waals surface area contributed by atoms with Crippen molar-refractivity contribution in [2.75, 3.05) is 6.79 Å². The van der Waals surface area contributed by atoms with Gasteiger partial charge in [0, 0.05) is 23.3 Å². The molecule has 25 heavy (non-hydrogen) atoms. The highest BCUT2D eigenvalue weighted by Gasteiger charge is 2.21. The van der Waals surface area contributed by atoms with E-state index in [9.17, 15) is 14.9 Å². The molecule has 126 valence electrons. The fraction of sp³-hybridized carbons (Fsp3) is 0.176. The Kier molecular flexibility index (Phi) is 3.66. The van der Waals surface area contributed by atoms with Crippen molar-refractivity contribution in [3.05, 3.63) is 74.3 Å². The van der Waals surface area contributed by atoms with Crippen LogP contribution in [0, 0.1) is 10.1 Å². The molecular weight excluding hydrogens is 326 g/mol. The van der Waals surface area contributed by atoms with Gasteiger partial charge in [0.1, 0.15) is 5.75 Å². The molecule has 8 heteroatoms. The second kappa shape index (κ2) is 5.99. The second-order valence-corrected chi connectivity index (χ2v) is 5.66. The van der Waals surface area contributed by atoms with Crippen LogP contribution in [0.1, 0.15) is 11.1 Å². The Hall–Kier alpha value is -3.26. The Balaban J connectivity index is 1.83. The molecule has 0 unspecified atom stereocenters. The first-order chi connectivity index (χ1) is 12.1. The lowest BCUT2D eigenvalue weighted by Gasteiger charge is -2.20. The molecular formula is C17H13N3O5. The third kappa shape index (κ3) is 2.72. The summed E-state index contributed by atoms with van der Waals surface area (Å²) in [6.07, 6.45) is 1.44. The number of hydrogen-bond acceptors (Lipinski definition) is 6. The maximum absolute atomic E-state index is 12.6. The zero-order valence-electron chi connectivity index (χ0n) is 13.0. The molecule has 0 fully saturated rings. The summed E-state index contributed by atoms with van der Waals surface area (Å²) in [4.78, 5) is 27.6. The lowest BCUT2D eigenvalue weighted by Crippen LogP contribution is -2.22. The van der Waals surface area contributed by atoms with Crippen LogP contribution in [-0.4, -0.2) is 21.3 Å². The Morgan fingerprint density at radius 2 is 2.12 bits per heavy atom. The van der Waals surface area contributed by atoms with Crippen molar-refractivity contribution in [3.63, 3.8) is 0 Å². The van der Waals surface area contributed by atoms with E-state index in [1.807, 2.05) is 6.07 Å². The van der Waals surface area contributed by atoms with Gasteiger partial charge < -0.3 is 9.47 Å². The summed E-state index contributed by atoms with van der Waals surface area (Å²) in [5.41, 5.74) is 1.47. The standard InChI is InChI=1S/C17H13N3O5/c21-17-14-3-1-2-4-15(14)18-9-19(17)7-11-5-13(20(22)23)6-12-8-24-10-25-16(11)12/h1-6,9H,7-8,10H2. The van der Waals surface area contributed by atoms with Crippen LogP contribution in [0.3, 0.4) is 0 Å². The molecule has 0 N–H and O–H groups in total. The van der Waals surface area contributed by atoms with Crippen LogP contribution in [-0.2, 0) is 17.9 Å². The maximum Gasteiger partial charge on any atom is 0.270 e. The predicted octanol–water partition coefficient (Wildman–Crippen LogP) is 2.22. The maximum atomic E-state index is 12.6. The van der Waals surface area contributed by atoms with E-state index in [1.54, 1.807) is 18.2 Å². The normalized spacial score (nSPS) is 13.3. The van der Waals surface area contributed by atoms with Gasteiger partial charge in [-0.2, -0.15) is 0 Å². The smallest absolute Gasteiger partial charge is 0.270 e. The number of benzene rings is 2. The van der Waals surface area contributed by atoms with E-state index in [2.05, 4.69) is 4.98 Å². The number of aromatic nitrogens is 2. The summed E-state index contributed by atoms with van der Waals surface area (Å²) in [5.74, 6) is 0.525. The minimum absolute atomic E-state index is 0.0651. The van der Waals surface area contributed by atoms with Gasteiger partial charge in [-0.15, -0.1) is 0 Å². The molecule has 0 atom stereocenters. The molecule has 0 bridgehead atoms. The molecule has 0 aliphatic carbocycles. The second-order valence-electron chi connectivity index (χ2n) is 5.66. The number of fused-ring (bicyclic) bond motifs is 2. The first kappa shape index (κ1) is 15.3. The van der Waals surface area contributed by atoms with Crippen LogP contribution in [0.5, 0.6) is 5.75 Å². The van der Waals surface area contributed by atoms with Crippen molar-refractivity contribution < 1.29 is 14.4 Å². The van der Waals surface area contributed by atoms with E-state index in [0.29, 0.717) is 27.8 Å². The summed E-state index contributed by atoms with van der Waals surface area (Å²) in [5, 5.41) is 11.7. The van der Waals surface area contributed by atoms with E-state index < -0.39 is 4.92 Å². The number of nitrogens with zero attached hydrogens (tertiary/aromatic N) is 3. The van der Waals surface area contributed by atoms with Crippen LogP contribution in [0.4, 0.5) is 5.69 Å². The lowest BCUT2D eigenvalue weighted by atomic mass is 10.1. The van der Waals surface area contributed by atoms with E-state index >= 15 is 0 Å². The van der Waals surface area contributed by atoms with E-state index in [-0.39, 0.29) is 31.2 Å². The highest BCUT2D eigenvalue weighted by molar-refractivity contribution is 5.76. The van der Waals surface area contributed by atoms with Gasteiger partial charge in [-0.3, -0.25) is 19.5 Å². The summed E-state index contributed by atoms with van der Waals surface area (Å²) < 4.78 is 12.1. The highest BCUT2D eigenvalue weighted by Crippen LogP contribution is 2.33. The van der Waals surface area contributed by atoms with Gasteiger partial charge in [0.15, 0.2) is 6.79 Å². The average molecular weight is 339 g/mol. The predicted molar refractivity (Wildman–Crippen MR) is 88.5 cm³/mol. The zero-order chi connectivity index (χ0) is 17.4. The first-order valence-corrected chi connectivity index (χ1v) is 7.58. The molecule has 0 spiro atoms. The molecule has 4 rings (SSSR count). The van der Waals surface area contributed by atoms with E-state index in [0.717, 1.165) is 0 Å². The molecule has 0 saturated carbocycles. The van der Waals surface area contributed by atoms with Gasteiger partial charge in [-0.1, -0.05) is 12.1 Å². The van der Waals surface area contributed by atoms with Crippen LogP contribution < -0.4 is 10.3 Å². The molecule has 0 saturated heterocycles. The molecule has 0 radical (unpaired) electrons. The Labute approximate surface area is 141 Å². The number of nitro groups is 1. The van der Waals surface area contributed by atoms with Crippen molar-refractivity contribution in [1.82, 2.24) is 9.55 Å². The van der Waals surface area contributed by atoms with Gasteiger partial charge in [0.05, 0.1) is 35.3 Å². The SMILES string of the molecule is O=c1c2ccccc2ncn1Cc1cc([N+](=O)[O-])cc2c1OCOC2. The first-order valence-electron chi connectivity index (χ1n) is 7.58. The number of ether oxygens (including phenoxy) is 2. The van der Waals surface area contributed by atoms with Gasteiger partial charge in [-0.05, 0) is 12.1 Å². The van der Waals surface area contributed by atoms with Crippen molar-refractivity contribution in [2.24, 2.45) is 0 Å². The highest BCUT2D eigenvalue weighted by atomic mass is 16.7. The Bertz CT molecular complexity index is 1040. The minimum Gasteiger partial charge on any atom is -0.467 e. The Morgan fingerprint density at radius 3 is 2.96 bits per heavy atom. The summed E-state index contributed by atoms with van der Waals surface area (Å²) in [6.45, 7) is 0.429. The van der Waals surface area contributed by atoms with Crippen molar-refractivity contribution in [2.45, 2.75) is 13.2 Å². The largest absolute Gasteiger partial charge is 0.467 e. The van der Waals surface area contributed by atoms with E-state index in [1.165, 1.54) is 23.0 Å². The molecule has 2 heterocycles. The number of hydrogen-bond donors (Lipinski definition) is 0. The van der Waals surface area contributed by atoms with Gasteiger partial charge in [0.25, 0.3) is 11.2 Å². The Morgan fingerprint density at radius 1 is 1.28 bits per heavy atom. The van der Waals surface area contributed by atoms with Crippen LogP contribution in [0.2, 0.25) is 0 Å². The number of nitro benzene ring substituents is 1. The van der Waals surface area contributed by atoms with Crippen molar-refractivity contribution in [3.8, 4) is 5.75 Å². The summed E-state index contributed by atoms with van der Waals surface area (Å²) >= 11 is 0. The summed E-state index contributed by atoms with van der Waals surface area (Å²) in [6, 6.07) is 9.89. The topological polar surface area (TPSA) is 96.5 Å². The van der Waals surface area contributed by atoms with Gasteiger partial charge in [-0.25, -0.2) is 4.98 Å². The molecule has 2 aromatic carbocycles. The van der Waals surface area contributed by atoms with E-state index in [4.69, 9.17) is 9.47 Å². The molecule has 0 amide bonds. The number of rotatable bonds is 3. The lowest BCUT2D eigenvalue weighted by molar-refractivity contribution is -0.385. The summed E-state index contributed by atoms with van der Waals surface area (Å²) in [7, 11) is 0. The van der Waals surface area contributed by atoms with Crippen LogP contribution >= 0.6 is 0 Å². The fourth-order valence-electron chi connectivity index (χ4n) is 2.91. The molecule has 8 nitrogen and oxygen atoms in total. The monoisotopic (exact) mass is 339 g/mol. The molecule has 3 aromatic rings. The molecule has 1 aromatic heterocycles. The quantitative estimate of drug-likeness (QED) is 0.536. The minimum atomic E-state index is -0.472. The van der Waals surface area contributed by atoms with Crippen molar-refractivity contribution in [1.29, 1.82) is 0 Å². The number of non-ortho nitro benzene ring substituents is 1. The van der Waals surface area contributed by atoms with Crippen LogP contribution in [0.25, 0.3) is 10.9 Å². The van der Waals surface area contributed by atoms with Crippen LogP contribution in [0.15, 0.2) is 47.5 Å². The van der Waals surface area contributed by atoms with Gasteiger partial charge in [0.2, 0.25) is 0 Å². The third-order valence-corrected chi connectivity index (χ3v) is 4.05. The molecule has 1 aliphatic heterocycles. The van der Waals surface area contributed by atoms with Crippen molar-refractivity contribution >= 4 is 16.6 Å². The number of para-hydroxylation sites is 1.